The fraction of sp³-hybridized carbons (Fsp3) is 0.238. The standard InChI is InChI=1S/C21H23N7O2/c1-21(2,3)28-17(29)12-30-15-6-4-5-13(9-15)18-26-19-16(7-8-22-19)20(27-18)25-14-10-23-24-11-14/h4-11H,12H2,1-3H3,(H,23,24)(H,28,29)(H2,22,25,26,27). The Morgan fingerprint density at radius 2 is 2.07 bits per heavy atom. The Kier molecular flexibility index (Phi) is 5.09. The van der Waals surface area contributed by atoms with Gasteiger partial charge in [0.2, 0.25) is 0 Å². The maximum absolute atomic E-state index is 12.0. The van der Waals surface area contributed by atoms with Gasteiger partial charge in [-0.2, -0.15) is 5.10 Å². The van der Waals surface area contributed by atoms with Crippen molar-refractivity contribution in [1.82, 2.24) is 30.5 Å². The number of carbonyl (C=O) groups excluding carboxylic acids is 1. The van der Waals surface area contributed by atoms with Gasteiger partial charge in [-0.05, 0) is 39.0 Å². The van der Waals surface area contributed by atoms with E-state index in [1.807, 2.05) is 51.2 Å². The van der Waals surface area contributed by atoms with E-state index in [2.05, 4.69) is 35.8 Å². The molecular formula is C21H23N7O2. The maximum Gasteiger partial charge on any atom is 0.258 e. The molecular weight excluding hydrogens is 382 g/mol. The molecule has 1 aromatic carbocycles. The van der Waals surface area contributed by atoms with Crippen molar-refractivity contribution in [3.05, 3.63) is 48.9 Å². The van der Waals surface area contributed by atoms with Gasteiger partial charge in [-0.1, -0.05) is 12.1 Å². The van der Waals surface area contributed by atoms with Crippen molar-refractivity contribution in [1.29, 1.82) is 0 Å². The van der Waals surface area contributed by atoms with E-state index in [4.69, 9.17) is 4.74 Å². The Hall–Kier alpha value is -3.88. The van der Waals surface area contributed by atoms with Crippen molar-refractivity contribution in [3.8, 4) is 17.1 Å². The van der Waals surface area contributed by atoms with Crippen LogP contribution in [0.4, 0.5) is 11.5 Å². The van der Waals surface area contributed by atoms with E-state index in [-0.39, 0.29) is 18.1 Å². The first-order chi connectivity index (χ1) is 14.4. The highest BCUT2D eigenvalue weighted by Gasteiger charge is 2.15. The first-order valence-corrected chi connectivity index (χ1v) is 9.52. The Morgan fingerprint density at radius 1 is 1.20 bits per heavy atom. The number of nitrogens with one attached hydrogen (secondary N) is 4. The summed E-state index contributed by atoms with van der Waals surface area (Å²) < 4.78 is 5.66. The number of nitrogens with zero attached hydrogens (tertiary/aromatic N) is 3. The predicted molar refractivity (Wildman–Crippen MR) is 115 cm³/mol. The summed E-state index contributed by atoms with van der Waals surface area (Å²) in [5.41, 5.74) is 1.97. The molecule has 4 N–H and O–H groups in total. The minimum absolute atomic E-state index is 0.0649. The molecule has 4 rings (SSSR count). The van der Waals surface area contributed by atoms with Crippen LogP contribution in [0, 0.1) is 0 Å². The largest absolute Gasteiger partial charge is 0.484 e. The topological polar surface area (TPSA) is 121 Å². The monoisotopic (exact) mass is 405 g/mol. The van der Waals surface area contributed by atoms with Crippen molar-refractivity contribution >= 4 is 28.4 Å². The quantitative estimate of drug-likeness (QED) is 0.390. The van der Waals surface area contributed by atoms with E-state index >= 15 is 0 Å². The summed E-state index contributed by atoms with van der Waals surface area (Å²) in [4.78, 5) is 24.4. The number of hydrogen-bond donors (Lipinski definition) is 4. The van der Waals surface area contributed by atoms with Gasteiger partial charge in [0.1, 0.15) is 17.2 Å². The minimum atomic E-state index is -0.306. The first kappa shape index (κ1) is 19.4. The Balaban J connectivity index is 1.58. The summed E-state index contributed by atoms with van der Waals surface area (Å²) in [6.07, 6.45) is 5.24. The van der Waals surface area contributed by atoms with Crippen molar-refractivity contribution in [2.75, 3.05) is 11.9 Å². The number of H-pyrrole nitrogens is 2. The minimum Gasteiger partial charge on any atom is -0.484 e. The average molecular weight is 405 g/mol. The molecule has 0 unspecified atom stereocenters. The van der Waals surface area contributed by atoms with Crippen molar-refractivity contribution in [2.24, 2.45) is 0 Å². The van der Waals surface area contributed by atoms with Crippen LogP contribution in [0.5, 0.6) is 5.75 Å². The van der Waals surface area contributed by atoms with Crippen molar-refractivity contribution < 1.29 is 9.53 Å². The van der Waals surface area contributed by atoms with Crippen LogP contribution in [0.25, 0.3) is 22.4 Å². The van der Waals surface area contributed by atoms with Crippen LogP contribution in [0.1, 0.15) is 20.8 Å². The lowest BCUT2D eigenvalue weighted by Gasteiger charge is -2.20. The van der Waals surface area contributed by atoms with E-state index in [1.165, 1.54) is 0 Å². The normalized spacial score (nSPS) is 11.4. The molecule has 0 aliphatic heterocycles. The van der Waals surface area contributed by atoms with Gasteiger partial charge in [-0.15, -0.1) is 0 Å². The zero-order valence-electron chi connectivity index (χ0n) is 17.0. The zero-order valence-corrected chi connectivity index (χ0v) is 17.0. The van der Waals surface area contributed by atoms with Gasteiger partial charge >= 0.3 is 0 Å². The molecule has 1 amide bonds. The molecule has 154 valence electrons. The third-order valence-corrected chi connectivity index (χ3v) is 4.15. The number of aromatic nitrogens is 5. The highest BCUT2D eigenvalue weighted by Crippen LogP contribution is 2.28. The molecule has 0 aliphatic rings. The van der Waals surface area contributed by atoms with Crippen LogP contribution < -0.4 is 15.4 Å². The first-order valence-electron chi connectivity index (χ1n) is 9.52. The summed E-state index contributed by atoms with van der Waals surface area (Å²) >= 11 is 0. The van der Waals surface area contributed by atoms with Gasteiger partial charge in [0.15, 0.2) is 12.4 Å². The summed E-state index contributed by atoms with van der Waals surface area (Å²) in [6, 6.07) is 9.27. The highest BCUT2D eigenvalue weighted by molar-refractivity contribution is 5.90. The molecule has 30 heavy (non-hydrogen) atoms. The summed E-state index contributed by atoms with van der Waals surface area (Å²) in [7, 11) is 0. The smallest absolute Gasteiger partial charge is 0.258 e. The molecule has 4 aromatic rings. The lowest BCUT2D eigenvalue weighted by atomic mass is 10.1. The number of anilines is 2. The number of amides is 1. The number of aromatic amines is 2. The van der Waals surface area contributed by atoms with Crippen LogP contribution in [-0.2, 0) is 4.79 Å². The fourth-order valence-electron chi connectivity index (χ4n) is 2.95. The molecule has 3 aromatic heterocycles. The SMILES string of the molecule is CC(C)(C)NC(=O)COc1cccc(-c2nc(Nc3cn[nH]c3)c3cc[nH]c3n2)c1. The van der Waals surface area contributed by atoms with Crippen LogP contribution in [0.15, 0.2) is 48.9 Å². The molecule has 0 atom stereocenters. The highest BCUT2D eigenvalue weighted by atomic mass is 16.5. The second-order valence-electron chi connectivity index (χ2n) is 7.86. The maximum atomic E-state index is 12.0. The molecule has 0 bridgehead atoms. The molecule has 0 saturated carbocycles. The molecule has 3 heterocycles. The van der Waals surface area contributed by atoms with Gasteiger partial charge in [0, 0.05) is 23.5 Å². The number of fused-ring (bicyclic) bond motifs is 1. The van der Waals surface area contributed by atoms with E-state index in [0.29, 0.717) is 23.0 Å². The number of hydrogen-bond acceptors (Lipinski definition) is 6. The van der Waals surface area contributed by atoms with Crippen LogP contribution in [-0.4, -0.2) is 43.2 Å². The average Bonchev–Trinajstić information content (AvgIpc) is 3.37. The van der Waals surface area contributed by atoms with Crippen molar-refractivity contribution in [2.45, 2.75) is 26.3 Å². The van der Waals surface area contributed by atoms with E-state index in [0.717, 1.165) is 16.6 Å². The molecule has 0 saturated heterocycles. The Labute approximate surface area is 173 Å². The second kappa shape index (κ2) is 7.86. The molecule has 9 nitrogen and oxygen atoms in total. The van der Waals surface area contributed by atoms with E-state index < -0.39 is 0 Å². The molecule has 9 heteroatoms. The van der Waals surface area contributed by atoms with Gasteiger partial charge in [0.25, 0.3) is 5.91 Å². The molecule has 0 radical (unpaired) electrons. The summed E-state index contributed by atoms with van der Waals surface area (Å²) in [5.74, 6) is 1.58. The lowest BCUT2D eigenvalue weighted by molar-refractivity contribution is -0.124. The summed E-state index contributed by atoms with van der Waals surface area (Å²) in [5, 5.41) is 13.7. The zero-order chi connectivity index (χ0) is 21.1. The number of rotatable bonds is 6. The molecule has 0 aliphatic carbocycles. The van der Waals surface area contributed by atoms with Crippen molar-refractivity contribution in [3.63, 3.8) is 0 Å². The second-order valence-corrected chi connectivity index (χ2v) is 7.86. The predicted octanol–water partition coefficient (Wildman–Crippen LogP) is 3.39. The third-order valence-electron chi connectivity index (χ3n) is 4.15. The summed E-state index contributed by atoms with van der Waals surface area (Å²) in [6.45, 7) is 5.71. The van der Waals surface area contributed by atoms with E-state index in [1.54, 1.807) is 18.5 Å². The number of benzene rings is 1. The third kappa shape index (κ3) is 4.57. The van der Waals surface area contributed by atoms with Crippen LogP contribution in [0.3, 0.4) is 0 Å². The number of ether oxygens (including phenoxy) is 1. The van der Waals surface area contributed by atoms with Gasteiger partial charge in [0.05, 0.1) is 17.3 Å². The van der Waals surface area contributed by atoms with Crippen LogP contribution in [0.2, 0.25) is 0 Å². The number of carbonyl (C=O) groups is 1. The van der Waals surface area contributed by atoms with Gasteiger partial charge < -0.3 is 20.4 Å². The fourth-order valence-corrected chi connectivity index (χ4v) is 2.95. The van der Waals surface area contributed by atoms with Gasteiger partial charge in [-0.25, -0.2) is 9.97 Å². The lowest BCUT2D eigenvalue weighted by Crippen LogP contribution is -2.43. The Bertz CT molecular complexity index is 1160. The Morgan fingerprint density at radius 3 is 2.83 bits per heavy atom. The van der Waals surface area contributed by atoms with E-state index in [9.17, 15) is 4.79 Å². The van der Waals surface area contributed by atoms with Gasteiger partial charge in [-0.3, -0.25) is 9.89 Å². The van der Waals surface area contributed by atoms with Crippen LogP contribution >= 0.6 is 0 Å². The molecule has 0 fully saturated rings. The molecule has 0 spiro atoms.